The van der Waals surface area contributed by atoms with E-state index in [1.165, 1.54) is 50.3 Å². The minimum Gasteiger partial charge on any atom is -0.481 e. The molecule has 0 aromatic carbocycles. The molecular formula is C42H76N6O14S2. The molecule has 5 amide bonds. The van der Waals surface area contributed by atoms with Gasteiger partial charge in [-0.1, -0.05) is 89.9 Å². The summed E-state index contributed by atoms with van der Waals surface area (Å²) < 4.78 is 23.8. The van der Waals surface area contributed by atoms with Crippen molar-refractivity contribution in [3.8, 4) is 0 Å². The number of carboxylic acids is 2. The van der Waals surface area contributed by atoms with Crippen LogP contribution in [0.2, 0.25) is 0 Å². The fourth-order valence-electron chi connectivity index (χ4n) is 5.81. The third-order valence-corrected chi connectivity index (χ3v) is 10.7. The van der Waals surface area contributed by atoms with Crippen molar-refractivity contribution in [3.63, 3.8) is 0 Å². The molecule has 0 saturated carbocycles. The molecule has 0 aliphatic carbocycles. The smallest absolute Gasteiger partial charge is 0.326 e. The Kier molecular flexibility index (Phi) is 42.2. The van der Waals surface area contributed by atoms with Gasteiger partial charge in [0.15, 0.2) is 0 Å². The molecule has 0 radical (unpaired) electrons. The van der Waals surface area contributed by atoms with Crippen molar-refractivity contribution in [2.75, 3.05) is 90.5 Å². The number of hydrogen-bond acceptors (Lipinski definition) is 15. The van der Waals surface area contributed by atoms with E-state index in [0.29, 0.717) is 18.5 Å². The molecule has 0 spiro atoms. The summed E-state index contributed by atoms with van der Waals surface area (Å²) in [5, 5.41) is 31.3. The number of nitrogens with one attached hydrogen (secondary N) is 6. The lowest BCUT2D eigenvalue weighted by atomic mass is 10.0. The van der Waals surface area contributed by atoms with Gasteiger partial charge in [-0.25, -0.2) is 4.79 Å². The number of ether oxygens (including phenoxy) is 4. The number of carbonyl (C=O) groups is 8. The maximum absolute atomic E-state index is 12.3. The average Bonchev–Trinajstić information content (AvgIpc) is 3.26. The predicted octanol–water partition coefficient (Wildman–Crippen LogP) is 1.93. The number of rotatable bonds is 47. The van der Waals surface area contributed by atoms with Gasteiger partial charge in [-0.3, -0.25) is 33.5 Å². The fourth-order valence-corrected chi connectivity index (χ4v) is 6.90. The molecule has 0 heterocycles. The molecule has 22 heteroatoms. The standard InChI is InChI=1S/C42H76N6O14S2/c49-29-34(48-63)32-64-33-40(54)44-20-19-43-38(52)30-61-27-26-60-24-22-46-39(53)31-62-28-25-59-23-21-45-36(50)18-17-35(42(57)58)47-37(51)15-13-11-9-7-5-3-1-2-4-6-8-10-12-14-16-41(55)56/h29,34-35,48,63H,1-28,30-33H2,(H,43,52)(H,44,54)(H,45,50)(H,46,53)(H,47,51)(H,55,56)(H,57,58)/t34-,35+/m1/s1. The van der Waals surface area contributed by atoms with Crippen molar-refractivity contribution in [1.82, 2.24) is 31.3 Å². The highest BCUT2D eigenvalue weighted by atomic mass is 32.2. The Morgan fingerprint density at radius 1 is 0.516 bits per heavy atom. The van der Waals surface area contributed by atoms with Gasteiger partial charge in [0, 0.05) is 51.2 Å². The van der Waals surface area contributed by atoms with Gasteiger partial charge in [0.05, 0.1) is 51.4 Å². The van der Waals surface area contributed by atoms with Crippen LogP contribution in [0.4, 0.5) is 0 Å². The number of carboxylic acid groups (broad SMARTS) is 2. The molecular weight excluding hydrogens is 877 g/mol. The van der Waals surface area contributed by atoms with Gasteiger partial charge >= 0.3 is 11.9 Å². The van der Waals surface area contributed by atoms with Crippen LogP contribution in [0.3, 0.4) is 0 Å². The van der Waals surface area contributed by atoms with Crippen molar-refractivity contribution in [2.24, 2.45) is 0 Å². The Labute approximate surface area is 388 Å². The van der Waals surface area contributed by atoms with Crippen LogP contribution in [-0.4, -0.2) is 161 Å². The van der Waals surface area contributed by atoms with Crippen molar-refractivity contribution < 1.29 is 67.5 Å². The number of aliphatic carboxylic acids is 2. The van der Waals surface area contributed by atoms with Crippen LogP contribution in [0, 0.1) is 0 Å². The highest BCUT2D eigenvalue weighted by molar-refractivity contribution is 8.00. The average molecular weight is 953 g/mol. The van der Waals surface area contributed by atoms with Crippen molar-refractivity contribution in [2.45, 2.75) is 128 Å². The summed E-state index contributed by atoms with van der Waals surface area (Å²) in [7, 11) is 0. The van der Waals surface area contributed by atoms with Crippen LogP contribution in [0.25, 0.3) is 0 Å². The van der Waals surface area contributed by atoms with E-state index in [-0.39, 0.29) is 140 Å². The normalized spacial score (nSPS) is 11.9. The molecule has 2 atom stereocenters. The van der Waals surface area contributed by atoms with Gasteiger partial charge in [0.25, 0.3) is 0 Å². The summed E-state index contributed by atoms with van der Waals surface area (Å²) in [6.45, 7) is 1.72. The lowest BCUT2D eigenvalue weighted by Crippen LogP contribution is -2.41. The van der Waals surface area contributed by atoms with E-state index in [1.54, 1.807) is 0 Å². The lowest BCUT2D eigenvalue weighted by molar-refractivity contribution is -0.142. The van der Waals surface area contributed by atoms with Crippen LogP contribution < -0.4 is 31.3 Å². The first-order chi connectivity index (χ1) is 31.0. The fraction of sp³-hybridized carbons (Fsp3) is 0.810. The maximum Gasteiger partial charge on any atom is 0.326 e. The van der Waals surface area contributed by atoms with E-state index >= 15 is 0 Å². The van der Waals surface area contributed by atoms with Crippen LogP contribution in [-0.2, 0) is 57.3 Å². The first-order valence-electron chi connectivity index (χ1n) is 22.5. The quantitative estimate of drug-likeness (QED) is 0.0239. The molecule has 370 valence electrons. The highest BCUT2D eigenvalue weighted by Crippen LogP contribution is 2.14. The molecule has 8 N–H and O–H groups in total. The number of amides is 5. The van der Waals surface area contributed by atoms with Gasteiger partial charge in [0.2, 0.25) is 29.5 Å². The lowest BCUT2D eigenvalue weighted by Gasteiger charge is -2.14. The Morgan fingerprint density at radius 2 is 0.953 bits per heavy atom. The molecule has 0 rings (SSSR count). The van der Waals surface area contributed by atoms with E-state index in [0.717, 1.165) is 44.9 Å². The van der Waals surface area contributed by atoms with Gasteiger partial charge < -0.3 is 60.5 Å². The van der Waals surface area contributed by atoms with Gasteiger partial charge in [-0.05, 0) is 19.3 Å². The van der Waals surface area contributed by atoms with E-state index in [2.05, 4.69) is 44.1 Å². The summed E-state index contributed by atoms with van der Waals surface area (Å²) in [5.41, 5.74) is 0. The van der Waals surface area contributed by atoms with Crippen molar-refractivity contribution in [1.29, 1.82) is 0 Å². The molecule has 0 aromatic heterocycles. The molecule has 64 heavy (non-hydrogen) atoms. The Morgan fingerprint density at radius 3 is 1.42 bits per heavy atom. The zero-order valence-corrected chi connectivity index (χ0v) is 39.2. The van der Waals surface area contributed by atoms with Gasteiger partial charge in [-0.15, -0.1) is 11.8 Å². The SMILES string of the molecule is O=C[C@H](CSCC(=O)NCCNC(=O)COCCOCCNC(=O)COCCOCCNC(=O)CC[C@H](NC(=O)CCCCCCCCCCCCCCCCC(=O)O)C(=O)O)NS. The van der Waals surface area contributed by atoms with Crippen LogP contribution in [0.1, 0.15) is 116 Å². The largest absolute Gasteiger partial charge is 0.481 e. The van der Waals surface area contributed by atoms with Crippen LogP contribution in [0.5, 0.6) is 0 Å². The minimum absolute atomic E-state index is 0.0350. The number of thioether (sulfide) groups is 1. The molecule has 0 aliphatic rings. The number of unbranched alkanes of at least 4 members (excludes halogenated alkanes) is 13. The Hall–Kier alpha value is -3.54. The maximum atomic E-state index is 12.3. The number of aldehydes is 1. The first-order valence-corrected chi connectivity index (χ1v) is 24.1. The monoisotopic (exact) mass is 952 g/mol. The summed E-state index contributed by atoms with van der Waals surface area (Å²) in [6, 6.07) is -1.58. The summed E-state index contributed by atoms with van der Waals surface area (Å²) in [5.74, 6) is -2.91. The van der Waals surface area contributed by atoms with E-state index in [1.807, 2.05) is 0 Å². The third-order valence-electron chi connectivity index (χ3n) is 9.32. The van der Waals surface area contributed by atoms with Crippen LogP contribution in [0.15, 0.2) is 0 Å². The minimum atomic E-state index is -1.19. The number of hydrogen-bond donors (Lipinski definition) is 9. The van der Waals surface area contributed by atoms with Gasteiger partial charge in [-0.2, -0.15) is 0 Å². The second-order valence-corrected chi connectivity index (χ2v) is 16.2. The summed E-state index contributed by atoms with van der Waals surface area (Å²) >= 11 is 5.11. The van der Waals surface area contributed by atoms with Crippen molar-refractivity contribution in [3.05, 3.63) is 0 Å². The summed E-state index contributed by atoms with van der Waals surface area (Å²) in [4.78, 5) is 92.9. The molecule has 0 unspecified atom stereocenters. The molecule has 20 nitrogen and oxygen atoms in total. The molecule has 0 aliphatic heterocycles. The predicted molar refractivity (Wildman–Crippen MR) is 245 cm³/mol. The zero-order valence-electron chi connectivity index (χ0n) is 37.5. The van der Waals surface area contributed by atoms with E-state index < -0.39 is 24.0 Å². The topological polar surface area (TPSA) is 286 Å². The molecule has 0 aromatic rings. The number of thiol groups is 1. The zero-order chi connectivity index (χ0) is 47.3. The second-order valence-electron chi connectivity index (χ2n) is 15.0. The van der Waals surface area contributed by atoms with E-state index in [9.17, 15) is 43.5 Å². The molecule has 0 saturated heterocycles. The Bertz CT molecular complexity index is 1290. The molecule has 0 bridgehead atoms. The highest BCUT2D eigenvalue weighted by Gasteiger charge is 2.21. The number of carbonyl (C=O) groups excluding carboxylic acids is 6. The van der Waals surface area contributed by atoms with Gasteiger partial charge in [0.1, 0.15) is 25.5 Å². The Balaban J connectivity index is 3.65. The molecule has 0 fully saturated rings. The summed E-state index contributed by atoms with van der Waals surface area (Å²) in [6.07, 6.45) is 16.1. The second kappa shape index (κ2) is 44.7. The first kappa shape index (κ1) is 60.5. The third kappa shape index (κ3) is 42.4. The van der Waals surface area contributed by atoms with E-state index in [4.69, 9.17) is 24.1 Å². The van der Waals surface area contributed by atoms with Crippen LogP contribution >= 0.6 is 24.6 Å². The van der Waals surface area contributed by atoms with Crippen molar-refractivity contribution >= 4 is 72.3 Å².